The Labute approximate surface area is 143 Å². The van der Waals surface area contributed by atoms with E-state index in [9.17, 15) is 17.2 Å². The summed E-state index contributed by atoms with van der Waals surface area (Å²) >= 11 is 0. The lowest BCUT2D eigenvalue weighted by Crippen LogP contribution is -2.09. The van der Waals surface area contributed by atoms with Crippen molar-refractivity contribution in [1.82, 2.24) is 9.97 Å². The molecule has 25 heavy (non-hydrogen) atoms. The van der Waals surface area contributed by atoms with Gasteiger partial charge < -0.3 is 5.32 Å². The van der Waals surface area contributed by atoms with Crippen LogP contribution < -0.4 is 5.32 Å². The van der Waals surface area contributed by atoms with E-state index in [4.69, 9.17) is 0 Å². The standard InChI is InChI=1S/C17H15F2N3O2S/c1-10(11-3-5-14(18)15(19)7-11)22-17-13-8-12(25(2,23)24)4-6-16(13)20-9-21-17/h3-10H,1-2H3,(H,20,21,22)/t10-/m0/s1. The van der Waals surface area contributed by atoms with Crippen molar-refractivity contribution in [2.45, 2.75) is 17.9 Å². The van der Waals surface area contributed by atoms with Gasteiger partial charge in [0, 0.05) is 11.6 Å². The number of aromatic nitrogens is 2. The fourth-order valence-electron chi connectivity index (χ4n) is 2.45. The van der Waals surface area contributed by atoms with Crippen LogP contribution in [0.1, 0.15) is 18.5 Å². The molecule has 1 aromatic heterocycles. The van der Waals surface area contributed by atoms with E-state index in [1.54, 1.807) is 13.0 Å². The first kappa shape index (κ1) is 17.2. The van der Waals surface area contributed by atoms with E-state index >= 15 is 0 Å². The van der Waals surface area contributed by atoms with Crippen LogP contribution in [0.2, 0.25) is 0 Å². The molecular formula is C17H15F2N3O2S. The van der Waals surface area contributed by atoms with Crippen LogP contribution in [0.15, 0.2) is 47.6 Å². The molecule has 1 heterocycles. The van der Waals surface area contributed by atoms with E-state index < -0.39 is 21.5 Å². The molecule has 0 unspecified atom stereocenters. The van der Waals surface area contributed by atoms with Crippen LogP contribution in [0.4, 0.5) is 14.6 Å². The van der Waals surface area contributed by atoms with Gasteiger partial charge in [-0.3, -0.25) is 0 Å². The Kier molecular flexibility index (Phi) is 4.38. The third-order valence-corrected chi connectivity index (χ3v) is 4.94. The van der Waals surface area contributed by atoms with Crippen LogP contribution >= 0.6 is 0 Å². The van der Waals surface area contributed by atoms with E-state index in [-0.39, 0.29) is 10.9 Å². The number of halogens is 2. The largest absolute Gasteiger partial charge is 0.363 e. The number of nitrogens with one attached hydrogen (secondary N) is 1. The Morgan fingerprint density at radius 3 is 2.48 bits per heavy atom. The van der Waals surface area contributed by atoms with Crippen LogP contribution in [0.3, 0.4) is 0 Å². The van der Waals surface area contributed by atoms with Gasteiger partial charge in [0.25, 0.3) is 0 Å². The van der Waals surface area contributed by atoms with Crippen molar-refractivity contribution >= 4 is 26.6 Å². The van der Waals surface area contributed by atoms with Gasteiger partial charge >= 0.3 is 0 Å². The first-order valence-corrected chi connectivity index (χ1v) is 9.31. The van der Waals surface area contributed by atoms with Gasteiger partial charge in [0.15, 0.2) is 21.5 Å². The summed E-state index contributed by atoms with van der Waals surface area (Å²) in [6, 6.07) is 7.83. The Bertz CT molecular complexity index is 1050. The highest BCUT2D eigenvalue weighted by Gasteiger charge is 2.14. The van der Waals surface area contributed by atoms with Crippen molar-refractivity contribution in [3.8, 4) is 0 Å². The molecule has 0 saturated carbocycles. The van der Waals surface area contributed by atoms with Crippen LogP contribution in [-0.2, 0) is 9.84 Å². The maximum atomic E-state index is 13.4. The van der Waals surface area contributed by atoms with Gasteiger partial charge in [0.1, 0.15) is 12.1 Å². The van der Waals surface area contributed by atoms with Crippen molar-refractivity contribution < 1.29 is 17.2 Å². The van der Waals surface area contributed by atoms with Crippen LogP contribution in [0.25, 0.3) is 10.9 Å². The minimum atomic E-state index is -3.38. The summed E-state index contributed by atoms with van der Waals surface area (Å²) in [4.78, 5) is 8.42. The number of hydrogen-bond acceptors (Lipinski definition) is 5. The highest BCUT2D eigenvalue weighted by Crippen LogP contribution is 2.26. The molecule has 0 spiro atoms. The molecule has 0 bridgehead atoms. The molecule has 3 aromatic rings. The number of hydrogen-bond donors (Lipinski definition) is 1. The average Bonchev–Trinajstić information content (AvgIpc) is 2.56. The summed E-state index contributed by atoms with van der Waals surface area (Å²) in [7, 11) is -3.38. The van der Waals surface area contributed by atoms with Crippen LogP contribution in [-0.4, -0.2) is 24.6 Å². The van der Waals surface area contributed by atoms with E-state index in [1.165, 1.54) is 24.5 Å². The third-order valence-electron chi connectivity index (χ3n) is 3.83. The zero-order chi connectivity index (χ0) is 18.2. The lowest BCUT2D eigenvalue weighted by atomic mass is 10.1. The molecule has 1 N–H and O–H groups in total. The molecule has 0 fully saturated rings. The number of fused-ring (bicyclic) bond motifs is 1. The predicted octanol–water partition coefficient (Wildman–Crippen LogP) is 3.48. The molecule has 130 valence electrons. The first-order chi connectivity index (χ1) is 11.8. The zero-order valence-electron chi connectivity index (χ0n) is 13.5. The molecule has 0 aliphatic heterocycles. The SMILES string of the molecule is C[C@H](Nc1ncnc2ccc(S(C)(=O)=O)cc12)c1ccc(F)c(F)c1. The molecule has 5 nitrogen and oxygen atoms in total. The summed E-state index contributed by atoms with van der Waals surface area (Å²) in [5, 5.41) is 3.62. The second-order valence-corrected chi connectivity index (χ2v) is 7.73. The summed E-state index contributed by atoms with van der Waals surface area (Å²) in [6.07, 6.45) is 2.47. The summed E-state index contributed by atoms with van der Waals surface area (Å²) in [5.74, 6) is -1.44. The van der Waals surface area contributed by atoms with Crippen molar-refractivity contribution in [1.29, 1.82) is 0 Å². The van der Waals surface area contributed by atoms with Crippen LogP contribution in [0.5, 0.6) is 0 Å². The lowest BCUT2D eigenvalue weighted by Gasteiger charge is -2.16. The first-order valence-electron chi connectivity index (χ1n) is 7.42. The Balaban J connectivity index is 2.01. The Morgan fingerprint density at radius 1 is 1.04 bits per heavy atom. The summed E-state index contributed by atoms with van der Waals surface area (Å²) in [5.41, 5.74) is 1.10. The highest BCUT2D eigenvalue weighted by atomic mass is 32.2. The zero-order valence-corrected chi connectivity index (χ0v) is 14.3. The number of sulfone groups is 1. The lowest BCUT2D eigenvalue weighted by molar-refractivity contribution is 0.506. The molecule has 0 saturated heterocycles. The van der Waals surface area contributed by atoms with Crippen molar-refractivity contribution in [2.24, 2.45) is 0 Å². The van der Waals surface area contributed by atoms with Gasteiger partial charge in [-0.15, -0.1) is 0 Å². The minimum absolute atomic E-state index is 0.151. The Morgan fingerprint density at radius 2 is 1.80 bits per heavy atom. The number of benzene rings is 2. The highest BCUT2D eigenvalue weighted by molar-refractivity contribution is 7.90. The summed E-state index contributed by atoms with van der Waals surface area (Å²) in [6.45, 7) is 1.76. The van der Waals surface area contributed by atoms with E-state index in [2.05, 4.69) is 15.3 Å². The van der Waals surface area contributed by atoms with E-state index in [1.807, 2.05) is 0 Å². The van der Waals surface area contributed by atoms with Gasteiger partial charge in [0.2, 0.25) is 0 Å². The predicted molar refractivity (Wildman–Crippen MR) is 91.0 cm³/mol. The molecule has 0 aliphatic rings. The maximum Gasteiger partial charge on any atom is 0.175 e. The topological polar surface area (TPSA) is 72.0 Å². The monoisotopic (exact) mass is 363 g/mol. The van der Waals surface area contributed by atoms with Crippen molar-refractivity contribution in [2.75, 3.05) is 11.6 Å². The summed E-state index contributed by atoms with van der Waals surface area (Å²) < 4.78 is 50.0. The van der Waals surface area contributed by atoms with Crippen LogP contribution in [0, 0.1) is 11.6 Å². The molecule has 0 amide bonds. The van der Waals surface area contributed by atoms with Gasteiger partial charge in [-0.2, -0.15) is 0 Å². The van der Waals surface area contributed by atoms with E-state index in [0.717, 1.165) is 18.4 Å². The third kappa shape index (κ3) is 3.58. The minimum Gasteiger partial charge on any atom is -0.363 e. The smallest absolute Gasteiger partial charge is 0.175 e. The fraction of sp³-hybridized carbons (Fsp3) is 0.176. The van der Waals surface area contributed by atoms with Crippen molar-refractivity contribution in [3.05, 3.63) is 59.9 Å². The molecule has 1 atom stereocenters. The molecule has 0 aliphatic carbocycles. The van der Waals surface area contributed by atoms with E-state index in [0.29, 0.717) is 22.3 Å². The maximum absolute atomic E-state index is 13.4. The quantitative estimate of drug-likeness (QED) is 0.768. The number of rotatable bonds is 4. The average molecular weight is 363 g/mol. The van der Waals surface area contributed by atoms with Gasteiger partial charge in [0.05, 0.1) is 16.5 Å². The second kappa shape index (κ2) is 6.36. The molecule has 8 heteroatoms. The van der Waals surface area contributed by atoms with Gasteiger partial charge in [-0.25, -0.2) is 27.2 Å². The van der Waals surface area contributed by atoms with Gasteiger partial charge in [-0.1, -0.05) is 6.07 Å². The van der Waals surface area contributed by atoms with Gasteiger partial charge in [-0.05, 0) is 42.8 Å². The number of nitrogens with zero attached hydrogens (tertiary/aromatic N) is 2. The Hall–Kier alpha value is -2.61. The molecular weight excluding hydrogens is 348 g/mol. The normalized spacial score (nSPS) is 13.0. The second-order valence-electron chi connectivity index (χ2n) is 5.71. The molecule has 2 aromatic carbocycles. The molecule has 0 radical (unpaired) electrons. The number of anilines is 1. The molecule has 3 rings (SSSR count). The van der Waals surface area contributed by atoms with Crippen molar-refractivity contribution in [3.63, 3.8) is 0 Å². The fourth-order valence-corrected chi connectivity index (χ4v) is 3.10.